The molecule has 0 fully saturated rings. The van der Waals surface area contributed by atoms with E-state index in [2.05, 4.69) is 9.71 Å². The SMILES string of the molecule is Cc1nc(NS(=O)(=O)c2cc(N)ccc2F)sc1C. The van der Waals surface area contributed by atoms with E-state index in [9.17, 15) is 12.8 Å². The first-order valence-corrected chi connectivity index (χ1v) is 7.61. The zero-order valence-corrected chi connectivity index (χ0v) is 11.9. The summed E-state index contributed by atoms with van der Waals surface area (Å²) in [5.41, 5.74) is 6.38. The van der Waals surface area contributed by atoms with Crippen LogP contribution in [0.3, 0.4) is 0 Å². The lowest BCUT2D eigenvalue weighted by Crippen LogP contribution is -2.14. The van der Waals surface area contributed by atoms with Crippen LogP contribution in [-0.2, 0) is 10.0 Å². The van der Waals surface area contributed by atoms with Gasteiger partial charge in [0.2, 0.25) is 0 Å². The van der Waals surface area contributed by atoms with Gasteiger partial charge in [0.05, 0.1) is 5.69 Å². The van der Waals surface area contributed by atoms with Crippen LogP contribution in [0.1, 0.15) is 10.6 Å². The molecule has 0 aliphatic carbocycles. The zero-order chi connectivity index (χ0) is 14.2. The summed E-state index contributed by atoms with van der Waals surface area (Å²) in [6.07, 6.45) is 0. The standard InChI is InChI=1S/C11H12FN3O2S2/c1-6-7(2)18-11(14-6)15-19(16,17)10-5-8(13)3-4-9(10)12/h3-5H,13H2,1-2H3,(H,14,15). The molecule has 0 amide bonds. The topological polar surface area (TPSA) is 85.1 Å². The first-order chi connectivity index (χ1) is 8.79. The number of anilines is 2. The minimum atomic E-state index is -4.03. The molecule has 1 heterocycles. The van der Waals surface area contributed by atoms with Crippen molar-refractivity contribution < 1.29 is 12.8 Å². The number of nitrogens with two attached hydrogens (primary N) is 1. The summed E-state index contributed by atoms with van der Waals surface area (Å²) < 4.78 is 39.9. The molecule has 0 spiro atoms. The third kappa shape index (κ3) is 2.85. The number of nitrogens with one attached hydrogen (secondary N) is 1. The third-order valence-corrected chi connectivity index (χ3v) is 4.97. The number of thiazole rings is 1. The van der Waals surface area contributed by atoms with Gasteiger partial charge in [0.1, 0.15) is 10.7 Å². The summed E-state index contributed by atoms with van der Waals surface area (Å²) in [5.74, 6) is -0.855. The first-order valence-electron chi connectivity index (χ1n) is 5.31. The molecule has 102 valence electrons. The number of rotatable bonds is 3. The van der Waals surface area contributed by atoms with Crippen LogP contribution in [0.15, 0.2) is 23.1 Å². The first kappa shape index (κ1) is 13.8. The Hall–Kier alpha value is -1.67. The molecule has 0 unspecified atom stereocenters. The molecular formula is C11H12FN3O2S2. The van der Waals surface area contributed by atoms with E-state index < -0.39 is 20.7 Å². The van der Waals surface area contributed by atoms with E-state index in [1.807, 2.05) is 6.92 Å². The molecule has 2 rings (SSSR count). The van der Waals surface area contributed by atoms with Crippen molar-refractivity contribution in [3.8, 4) is 0 Å². The maximum Gasteiger partial charge on any atom is 0.266 e. The second-order valence-corrected chi connectivity index (χ2v) is 6.81. The van der Waals surface area contributed by atoms with Gasteiger partial charge in [-0.15, -0.1) is 11.3 Å². The second kappa shape index (κ2) is 4.78. The molecule has 0 radical (unpaired) electrons. The van der Waals surface area contributed by atoms with Gasteiger partial charge in [-0.3, -0.25) is 4.72 Å². The van der Waals surface area contributed by atoms with Gasteiger partial charge in [0, 0.05) is 10.6 Å². The minimum absolute atomic E-state index is 0.174. The Morgan fingerprint density at radius 2 is 2.05 bits per heavy atom. The summed E-state index contributed by atoms with van der Waals surface area (Å²) in [7, 11) is -4.03. The Bertz CT molecular complexity index is 706. The number of hydrogen-bond acceptors (Lipinski definition) is 5. The van der Waals surface area contributed by atoms with Gasteiger partial charge in [-0.05, 0) is 32.0 Å². The van der Waals surface area contributed by atoms with Crippen molar-refractivity contribution in [2.45, 2.75) is 18.7 Å². The molecule has 1 aromatic carbocycles. The summed E-state index contributed by atoms with van der Waals surface area (Å²) in [5, 5.41) is 0.205. The van der Waals surface area contributed by atoms with Crippen molar-refractivity contribution in [2.75, 3.05) is 10.5 Å². The van der Waals surface area contributed by atoms with Gasteiger partial charge in [0.25, 0.3) is 10.0 Å². The highest BCUT2D eigenvalue weighted by molar-refractivity contribution is 7.93. The van der Waals surface area contributed by atoms with Crippen molar-refractivity contribution in [1.29, 1.82) is 0 Å². The largest absolute Gasteiger partial charge is 0.399 e. The number of sulfonamides is 1. The van der Waals surface area contributed by atoms with Crippen LogP contribution in [0.2, 0.25) is 0 Å². The average Bonchev–Trinajstić information content (AvgIpc) is 2.60. The molecule has 1 aromatic heterocycles. The molecular weight excluding hydrogens is 289 g/mol. The highest BCUT2D eigenvalue weighted by atomic mass is 32.2. The van der Waals surface area contributed by atoms with Gasteiger partial charge in [-0.25, -0.2) is 17.8 Å². The lowest BCUT2D eigenvalue weighted by molar-refractivity contribution is 0.570. The van der Waals surface area contributed by atoms with Crippen LogP contribution < -0.4 is 10.5 Å². The quantitative estimate of drug-likeness (QED) is 0.852. The number of aromatic nitrogens is 1. The van der Waals surface area contributed by atoms with Crippen molar-refractivity contribution in [2.24, 2.45) is 0 Å². The Labute approximate surface area is 114 Å². The van der Waals surface area contributed by atoms with Gasteiger partial charge in [-0.1, -0.05) is 0 Å². The number of halogens is 1. The van der Waals surface area contributed by atoms with Gasteiger partial charge in [0.15, 0.2) is 5.13 Å². The molecule has 19 heavy (non-hydrogen) atoms. The molecule has 2 aromatic rings. The molecule has 5 nitrogen and oxygen atoms in total. The van der Waals surface area contributed by atoms with Crippen LogP contribution in [0.25, 0.3) is 0 Å². The Morgan fingerprint density at radius 1 is 1.37 bits per heavy atom. The molecule has 0 bridgehead atoms. The highest BCUT2D eigenvalue weighted by Crippen LogP contribution is 2.25. The molecule has 0 aliphatic heterocycles. The molecule has 0 saturated carbocycles. The van der Waals surface area contributed by atoms with E-state index in [-0.39, 0.29) is 10.8 Å². The monoisotopic (exact) mass is 301 g/mol. The van der Waals surface area contributed by atoms with Gasteiger partial charge in [-0.2, -0.15) is 0 Å². The minimum Gasteiger partial charge on any atom is -0.399 e. The summed E-state index contributed by atoms with van der Waals surface area (Å²) >= 11 is 1.19. The van der Waals surface area contributed by atoms with E-state index in [0.29, 0.717) is 0 Å². The molecule has 0 atom stereocenters. The predicted molar refractivity (Wildman–Crippen MR) is 73.2 cm³/mol. The number of nitrogen functional groups attached to an aromatic ring is 1. The molecule has 3 N–H and O–H groups in total. The number of hydrogen-bond donors (Lipinski definition) is 2. The normalized spacial score (nSPS) is 11.5. The zero-order valence-electron chi connectivity index (χ0n) is 10.3. The summed E-state index contributed by atoms with van der Waals surface area (Å²) in [4.78, 5) is 4.45. The van der Waals surface area contributed by atoms with Gasteiger partial charge >= 0.3 is 0 Å². The predicted octanol–water partition coefficient (Wildman–Crippen LogP) is 2.28. The Balaban J connectivity index is 2.40. The highest BCUT2D eigenvalue weighted by Gasteiger charge is 2.21. The van der Waals surface area contributed by atoms with Crippen molar-refractivity contribution >= 4 is 32.2 Å². The van der Waals surface area contributed by atoms with E-state index in [1.165, 1.54) is 17.4 Å². The number of aryl methyl sites for hydroxylation is 2. The Kier molecular flexibility index (Phi) is 3.46. The van der Waals surface area contributed by atoms with Crippen LogP contribution in [0.4, 0.5) is 15.2 Å². The maximum absolute atomic E-state index is 13.6. The van der Waals surface area contributed by atoms with Crippen molar-refractivity contribution in [1.82, 2.24) is 4.98 Å². The lowest BCUT2D eigenvalue weighted by Gasteiger charge is -2.06. The number of nitrogens with zero attached hydrogens (tertiary/aromatic N) is 1. The maximum atomic E-state index is 13.6. The fourth-order valence-corrected chi connectivity index (χ4v) is 3.58. The fraction of sp³-hybridized carbons (Fsp3) is 0.182. The van der Waals surface area contributed by atoms with E-state index in [4.69, 9.17) is 5.73 Å². The van der Waals surface area contributed by atoms with Crippen LogP contribution >= 0.6 is 11.3 Å². The van der Waals surface area contributed by atoms with Crippen molar-refractivity contribution in [3.63, 3.8) is 0 Å². The fourth-order valence-electron chi connectivity index (χ4n) is 1.41. The van der Waals surface area contributed by atoms with Gasteiger partial charge < -0.3 is 5.73 Å². The van der Waals surface area contributed by atoms with E-state index in [0.717, 1.165) is 22.7 Å². The van der Waals surface area contributed by atoms with Crippen LogP contribution in [0.5, 0.6) is 0 Å². The summed E-state index contributed by atoms with van der Waals surface area (Å²) in [6.45, 7) is 3.59. The molecule has 8 heteroatoms. The summed E-state index contributed by atoms with van der Waals surface area (Å²) in [6, 6.07) is 3.39. The second-order valence-electron chi connectivity index (χ2n) is 3.96. The molecule has 0 aliphatic rings. The Morgan fingerprint density at radius 3 is 2.63 bits per heavy atom. The smallest absolute Gasteiger partial charge is 0.266 e. The number of benzene rings is 1. The van der Waals surface area contributed by atoms with E-state index in [1.54, 1.807) is 6.92 Å². The van der Waals surface area contributed by atoms with E-state index >= 15 is 0 Å². The third-order valence-electron chi connectivity index (χ3n) is 2.49. The lowest BCUT2D eigenvalue weighted by atomic mass is 10.3. The van der Waals surface area contributed by atoms with Crippen LogP contribution in [-0.4, -0.2) is 13.4 Å². The average molecular weight is 301 g/mol. The van der Waals surface area contributed by atoms with Crippen LogP contribution in [0, 0.1) is 19.7 Å². The van der Waals surface area contributed by atoms with Crippen molar-refractivity contribution in [3.05, 3.63) is 34.6 Å². The molecule has 0 saturated heterocycles.